The largest absolute Gasteiger partial charge is 0.497 e. The third-order valence-electron chi connectivity index (χ3n) is 7.62. The Labute approximate surface area is 241 Å². The molecule has 0 aliphatic carbocycles. The molecule has 1 amide bonds. The molecule has 8 heteroatoms. The predicted molar refractivity (Wildman–Crippen MR) is 158 cm³/mol. The minimum Gasteiger partial charge on any atom is -0.497 e. The van der Waals surface area contributed by atoms with E-state index >= 15 is 0 Å². The number of benzene rings is 3. The number of amides is 1. The molecule has 3 aromatic rings. The Kier molecular flexibility index (Phi) is 9.24. The van der Waals surface area contributed by atoms with Crippen LogP contribution in [0, 0.1) is 0 Å². The van der Waals surface area contributed by atoms with E-state index in [1.165, 1.54) is 12.8 Å². The van der Waals surface area contributed by atoms with Crippen LogP contribution in [0.3, 0.4) is 0 Å². The SMILES string of the molecule is COc1ccc(OC(=O)N2CCCC(=Nc3ccc(Cl)cc3)C2c2ccc(OCC3CCCCN3C)cc2)cc1. The van der Waals surface area contributed by atoms with Crippen molar-refractivity contribution in [3.63, 3.8) is 0 Å². The van der Waals surface area contributed by atoms with Gasteiger partial charge in [0.2, 0.25) is 0 Å². The van der Waals surface area contributed by atoms with E-state index in [9.17, 15) is 4.79 Å². The quantitative estimate of drug-likeness (QED) is 0.302. The fraction of sp³-hybridized carbons (Fsp3) is 0.375. The molecule has 0 bridgehead atoms. The van der Waals surface area contributed by atoms with E-state index < -0.39 is 6.09 Å². The van der Waals surface area contributed by atoms with Crippen molar-refractivity contribution < 1.29 is 19.0 Å². The second kappa shape index (κ2) is 13.2. The number of likely N-dealkylation sites (N-methyl/N-ethyl adjacent to an activating group) is 1. The number of carbonyl (C=O) groups excluding carboxylic acids is 1. The Hall–Kier alpha value is -3.55. The molecule has 3 aromatic carbocycles. The summed E-state index contributed by atoms with van der Waals surface area (Å²) in [6.07, 6.45) is 4.80. The van der Waals surface area contributed by atoms with Crippen LogP contribution < -0.4 is 14.2 Å². The van der Waals surface area contributed by atoms with Gasteiger partial charge in [-0.2, -0.15) is 0 Å². The second-order valence-electron chi connectivity index (χ2n) is 10.3. The van der Waals surface area contributed by atoms with Gasteiger partial charge in [-0.15, -0.1) is 0 Å². The van der Waals surface area contributed by atoms with Gasteiger partial charge < -0.3 is 19.1 Å². The Morgan fingerprint density at radius 2 is 1.60 bits per heavy atom. The number of hydrogen-bond acceptors (Lipinski definition) is 6. The van der Waals surface area contributed by atoms with Gasteiger partial charge in [-0.25, -0.2) is 4.79 Å². The number of hydrogen-bond donors (Lipinski definition) is 0. The van der Waals surface area contributed by atoms with Crippen LogP contribution in [0.1, 0.15) is 43.7 Å². The molecule has 210 valence electrons. The highest BCUT2D eigenvalue weighted by molar-refractivity contribution is 6.30. The van der Waals surface area contributed by atoms with E-state index in [0.29, 0.717) is 35.7 Å². The molecule has 0 aromatic heterocycles. The number of methoxy groups -OCH3 is 1. The average Bonchev–Trinajstić information content (AvgIpc) is 2.98. The summed E-state index contributed by atoms with van der Waals surface area (Å²) in [6.45, 7) is 2.35. The number of rotatable bonds is 7. The van der Waals surface area contributed by atoms with Crippen LogP contribution in [0.4, 0.5) is 10.5 Å². The number of aliphatic imine (C=N–C) groups is 1. The molecule has 2 aliphatic heterocycles. The molecular formula is C32H36ClN3O4. The molecule has 0 radical (unpaired) electrons. The lowest BCUT2D eigenvalue weighted by molar-refractivity contribution is 0.125. The Morgan fingerprint density at radius 1 is 0.900 bits per heavy atom. The third kappa shape index (κ3) is 6.95. The molecule has 2 saturated heterocycles. The summed E-state index contributed by atoms with van der Waals surface area (Å²) < 4.78 is 17.2. The zero-order valence-electron chi connectivity index (χ0n) is 23.1. The van der Waals surface area contributed by atoms with Crippen LogP contribution in [0.2, 0.25) is 5.02 Å². The highest BCUT2D eigenvalue weighted by Gasteiger charge is 2.34. The van der Waals surface area contributed by atoms with E-state index in [0.717, 1.165) is 48.5 Å². The van der Waals surface area contributed by atoms with Crippen molar-refractivity contribution in [1.29, 1.82) is 0 Å². The van der Waals surface area contributed by atoms with E-state index in [-0.39, 0.29) is 6.04 Å². The van der Waals surface area contributed by atoms with Crippen LogP contribution in [0.15, 0.2) is 77.8 Å². The van der Waals surface area contributed by atoms with Gasteiger partial charge in [-0.3, -0.25) is 9.89 Å². The molecule has 5 rings (SSSR count). The van der Waals surface area contributed by atoms with Crippen LogP contribution in [0.25, 0.3) is 0 Å². The summed E-state index contributed by atoms with van der Waals surface area (Å²) >= 11 is 6.10. The van der Waals surface area contributed by atoms with Crippen molar-refractivity contribution in [3.8, 4) is 17.2 Å². The van der Waals surface area contributed by atoms with E-state index in [4.69, 9.17) is 30.8 Å². The van der Waals surface area contributed by atoms with Crippen molar-refractivity contribution in [2.45, 2.75) is 44.2 Å². The van der Waals surface area contributed by atoms with Gasteiger partial charge in [0.25, 0.3) is 0 Å². The Bertz CT molecular complexity index is 1300. The molecule has 2 fully saturated rings. The fourth-order valence-electron chi connectivity index (χ4n) is 5.34. The standard InChI is InChI=1S/C32H36ClN3O4/c1-35-20-4-3-6-26(35)22-39-28-14-8-23(9-15-28)31-30(34-25-12-10-24(33)11-13-25)7-5-21-36(31)32(37)40-29-18-16-27(38-2)17-19-29/h8-19,26,31H,3-7,20-22H2,1-2H3. The van der Waals surface area contributed by atoms with Crippen LogP contribution in [-0.4, -0.2) is 61.5 Å². The van der Waals surface area contributed by atoms with Crippen molar-refractivity contribution in [1.82, 2.24) is 9.80 Å². The van der Waals surface area contributed by atoms with Gasteiger partial charge in [0.1, 0.15) is 23.9 Å². The summed E-state index contributed by atoms with van der Waals surface area (Å²) in [5.74, 6) is 1.98. The lowest BCUT2D eigenvalue weighted by Gasteiger charge is -2.36. The number of piperidine rings is 2. The summed E-state index contributed by atoms with van der Waals surface area (Å²) in [5, 5.41) is 0.656. The van der Waals surface area contributed by atoms with Crippen LogP contribution in [-0.2, 0) is 0 Å². The topological polar surface area (TPSA) is 63.6 Å². The first-order valence-electron chi connectivity index (χ1n) is 13.9. The van der Waals surface area contributed by atoms with Crippen molar-refractivity contribution in [2.75, 3.05) is 33.9 Å². The van der Waals surface area contributed by atoms with Gasteiger partial charge in [-0.1, -0.05) is 30.2 Å². The number of nitrogens with zero attached hydrogens (tertiary/aromatic N) is 3. The Balaban J connectivity index is 1.38. The summed E-state index contributed by atoms with van der Waals surface area (Å²) in [5.41, 5.74) is 2.66. The molecule has 7 nitrogen and oxygen atoms in total. The van der Waals surface area contributed by atoms with Gasteiger partial charge in [0.05, 0.1) is 18.8 Å². The zero-order valence-corrected chi connectivity index (χ0v) is 23.8. The molecule has 0 saturated carbocycles. The first kappa shape index (κ1) is 28.0. The number of halogens is 1. The molecular weight excluding hydrogens is 526 g/mol. The molecule has 40 heavy (non-hydrogen) atoms. The van der Waals surface area contributed by atoms with E-state index in [1.807, 2.05) is 48.5 Å². The average molecular weight is 562 g/mol. The van der Waals surface area contributed by atoms with Crippen LogP contribution in [0.5, 0.6) is 17.2 Å². The highest BCUT2D eigenvalue weighted by atomic mass is 35.5. The Morgan fingerprint density at radius 3 is 2.30 bits per heavy atom. The van der Waals surface area contributed by atoms with Gasteiger partial charge in [0.15, 0.2) is 0 Å². The number of likely N-dealkylation sites (tertiary alicyclic amines) is 2. The fourth-order valence-corrected chi connectivity index (χ4v) is 5.47. The van der Waals surface area contributed by atoms with Crippen LogP contribution >= 0.6 is 11.6 Å². The summed E-state index contributed by atoms with van der Waals surface area (Å²) in [7, 11) is 3.77. The van der Waals surface area contributed by atoms with Gasteiger partial charge in [0, 0.05) is 23.3 Å². The minimum absolute atomic E-state index is 0.367. The van der Waals surface area contributed by atoms with Gasteiger partial charge >= 0.3 is 6.09 Å². The normalized spacial score (nSPS) is 20.8. The maximum atomic E-state index is 13.5. The van der Waals surface area contributed by atoms with E-state index in [2.05, 4.69) is 11.9 Å². The summed E-state index contributed by atoms with van der Waals surface area (Å²) in [4.78, 5) is 22.6. The lowest BCUT2D eigenvalue weighted by atomic mass is 9.93. The molecule has 2 aliphatic rings. The minimum atomic E-state index is -0.417. The number of carbonyl (C=O) groups is 1. The smallest absolute Gasteiger partial charge is 0.416 e. The van der Waals surface area contributed by atoms with Crippen molar-refractivity contribution in [3.05, 3.63) is 83.4 Å². The zero-order chi connectivity index (χ0) is 27.9. The molecule has 2 unspecified atom stereocenters. The molecule has 0 N–H and O–H groups in total. The first-order chi connectivity index (χ1) is 19.5. The molecule has 0 spiro atoms. The predicted octanol–water partition coefficient (Wildman–Crippen LogP) is 7.32. The second-order valence-corrected chi connectivity index (χ2v) is 10.8. The number of ether oxygens (including phenoxy) is 3. The third-order valence-corrected chi connectivity index (χ3v) is 7.87. The monoisotopic (exact) mass is 561 g/mol. The lowest BCUT2D eigenvalue weighted by Crippen LogP contribution is -2.44. The van der Waals surface area contributed by atoms with Crippen molar-refractivity contribution in [2.24, 2.45) is 4.99 Å². The molecule has 2 atom stereocenters. The maximum absolute atomic E-state index is 13.5. The van der Waals surface area contributed by atoms with Crippen molar-refractivity contribution >= 4 is 29.1 Å². The maximum Gasteiger partial charge on any atom is 0.416 e. The van der Waals surface area contributed by atoms with Gasteiger partial charge in [-0.05, 0) is 106 Å². The highest BCUT2D eigenvalue weighted by Crippen LogP contribution is 2.33. The molecule has 2 heterocycles. The van der Waals surface area contributed by atoms with E-state index in [1.54, 1.807) is 36.3 Å². The first-order valence-corrected chi connectivity index (χ1v) is 14.3. The summed E-state index contributed by atoms with van der Waals surface area (Å²) in [6, 6.07) is 22.5.